The Kier molecular flexibility index (Phi) is 9.26. The molecule has 0 atom stereocenters. The third-order valence-electron chi connectivity index (χ3n) is 4.11. The second-order valence-electron chi connectivity index (χ2n) is 6.24. The fraction of sp³-hybridized carbons (Fsp3) is 0.455. The van der Waals surface area contributed by atoms with Gasteiger partial charge in [-0.1, -0.05) is 38.7 Å². The molecule has 26 heavy (non-hydrogen) atoms. The van der Waals surface area contributed by atoms with Gasteiger partial charge in [0.15, 0.2) is 0 Å². The van der Waals surface area contributed by atoms with Crippen LogP contribution < -0.4 is 19.5 Å². The fourth-order valence-corrected chi connectivity index (χ4v) is 2.63. The van der Waals surface area contributed by atoms with Gasteiger partial charge in [-0.2, -0.15) is 0 Å². The number of hydrogen-bond acceptors (Lipinski definition) is 4. The maximum Gasteiger partial charge on any atom is 0.121 e. The van der Waals surface area contributed by atoms with Gasteiger partial charge in [0.1, 0.15) is 23.9 Å². The van der Waals surface area contributed by atoms with Crippen molar-refractivity contribution in [2.75, 3.05) is 32.2 Å². The topological polar surface area (TPSA) is 39.7 Å². The summed E-state index contributed by atoms with van der Waals surface area (Å²) in [5.41, 5.74) is 1.05. The van der Waals surface area contributed by atoms with Crippen molar-refractivity contribution in [2.45, 2.75) is 39.0 Å². The lowest BCUT2D eigenvalue weighted by molar-refractivity contribution is 0.304. The van der Waals surface area contributed by atoms with Crippen LogP contribution in [-0.4, -0.2) is 26.9 Å². The average molecular weight is 357 g/mol. The molecule has 0 radical (unpaired) electrons. The molecule has 2 aromatic carbocycles. The maximum atomic E-state index is 5.84. The summed E-state index contributed by atoms with van der Waals surface area (Å²) in [6, 6.07) is 15.7. The first-order valence-corrected chi connectivity index (χ1v) is 9.55. The summed E-state index contributed by atoms with van der Waals surface area (Å²) < 4.78 is 16.7. The van der Waals surface area contributed by atoms with Crippen LogP contribution in [0.1, 0.15) is 39.0 Å². The van der Waals surface area contributed by atoms with E-state index in [9.17, 15) is 0 Å². The second-order valence-corrected chi connectivity index (χ2v) is 6.24. The van der Waals surface area contributed by atoms with Gasteiger partial charge in [-0.15, -0.1) is 0 Å². The number of hydrogen-bond donors (Lipinski definition) is 1. The number of benzene rings is 2. The van der Waals surface area contributed by atoms with Gasteiger partial charge in [0.2, 0.25) is 0 Å². The van der Waals surface area contributed by atoms with Gasteiger partial charge in [-0.05, 0) is 42.8 Å². The Bertz CT molecular complexity index is 613. The van der Waals surface area contributed by atoms with E-state index in [1.165, 1.54) is 25.7 Å². The van der Waals surface area contributed by atoms with Crippen LogP contribution in [0.3, 0.4) is 0 Å². The zero-order valence-electron chi connectivity index (χ0n) is 16.0. The molecule has 142 valence electrons. The van der Waals surface area contributed by atoms with Crippen molar-refractivity contribution >= 4 is 5.69 Å². The zero-order valence-corrected chi connectivity index (χ0v) is 16.0. The molecule has 0 aliphatic rings. The Morgan fingerprint density at radius 3 is 2.27 bits per heavy atom. The van der Waals surface area contributed by atoms with E-state index in [0.717, 1.165) is 42.5 Å². The summed E-state index contributed by atoms with van der Waals surface area (Å²) in [7, 11) is 1.66. The predicted molar refractivity (Wildman–Crippen MR) is 108 cm³/mol. The SMILES string of the molecule is CCCCCCCOc1cccc(NCCOc2ccc(OC)cc2)c1. The van der Waals surface area contributed by atoms with E-state index in [1.807, 2.05) is 48.5 Å². The predicted octanol–water partition coefficient (Wildman–Crippen LogP) is 5.54. The van der Waals surface area contributed by atoms with Crippen LogP contribution in [0.25, 0.3) is 0 Å². The van der Waals surface area contributed by atoms with Crippen molar-refractivity contribution in [1.29, 1.82) is 0 Å². The van der Waals surface area contributed by atoms with Crippen LogP contribution in [0.5, 0.6) is 17.2 Å². The molecule has 2 aromatic rings. The summed E-state index contributed by atoms with van der Waals surface area (Å²) in [5, 5.41) is 3.37. The quantitative estimate of drug-likeness (QED) is 0.478. The molecule has 0 saturated heterocycles. The Hall–Kier alpha value is -2.36. The number of anilines is 1. The molecule has 0 unspecified atom stereocenters. The van der Waals surface area contributed by atoms with Crippen LogP contribution in [-0.2, 0) is 0 Å². The third kappa shape index (κ3) is 7.68. The smallest absolute Gasteiger partial charge is 0.121 e. The first-order valence-electron chi connectivity index (χ1n) is 9.55. The van der Waals surface area contributed by atoms with E-state index < -0.39 is 0 Å². The summed E-state index contributed by atoms with van der Waals surface area (Å²) in [5.74, 6) is 2.59. The molecule has 0 bridgehead atoms. The van der Waals surface area contributed by atoms with Crippen molar-refractivity contribution in [3.05, 3.63) is 48.5 Å². The molecule has 0 saturated carbocycles. The van der Waals surface area contributed by atoms with E-state index in [4.69, 9.17) is 14.2 Å². The molecule has 0 fully saturated rings. The molecule has 0 amide bonds. The molecule has 1 N–H and O–H groups in total. The van der Waals surface area contributed by atoms with Crippen LogP contribution in [0.15, 0.2) is 48.5 Å². The fourth-order valence-electron chi connectivity index (χ4n) is 2.63. The standard InChI is InChI=1S/C22H31NO3/c1-3-4-5-6-7-16-25-22-10-8-9-19(18-22)23-15-17-26-21-13-11-20(24-2)12-14-21/h8-14,18,23H,3-7,15-17H2,1-2H3. The van der Waals surface area contributed by atoms with Gasteiger partial charge in [-0.3, -0.25) is 0 Å². The van der Waals surface area contributed by atoms with Crippen LogP contribution in [0.2, 0.25) is 0 Å². The summed E-state index contributed by atoms with van der Waals surface area (Å²) in [4.78, 5) is 0. The first kappa shape index (κ1) is 20.0. The monoisotopic (exact) mass is 357 g/mol. The molecule has 0 aliphatic carbocycles. The largest absolute Gasteiger partial charge is 0.497 e. The second kappa shape index (κ2) is 12.1. The van der Waals surface area contributed by atoms with Crippen LogP contribution in [0, 0.1) is 0 Å². The van der Waals surface area contributed by atoms with E-state index in [-0.39, 0.29) is 0 Å². The molecule has 0 heterocycles. The third-order valence-corrected chi connectivity index (χ3v) is 4.11. The van der Waals surface area contributed by atoms with Crippen molar-refractivity contribution in [3.63, 3.8) is 0 Å². The Morgan fingerprint density at radius 2 is 1.50 bits per heavy atom. The van der Waals surface area contributed by atoms with Gasteiger partial charge in [0.05, 0.1) is 13.7 Å². The Morgan fingerprint density at radius 1 is 0.769 bits per heavy atom. The van der Waals surface area contributed by atoms with Crippen molar-refractivity contribution in [2.24, 2.45) is 0 Å². The molecule has 4 nitrogen and oxygen atoms in total. The normalized spacial score (nSPS) is 10.4. The molecular weight excluding hydrogens is 326 g/mol. The molecule has 4 heteroatoms. The van der Waals surface area contributed by atoms with E-state index in [2.05, 4.69) is 12.2 Å². The molecular formula is C22H31NO3. The van der Waals surface area contributed by atoms with E-state index in [0.29, 0.717) is 6.61 Å². The van der Waals surface area contributed by atoms with Gasteiger partial charge in [0, 0.05) is 18.3 Å². The maximum absolute atomic E-state index is 5.84. The summed E-state index contributed by atoms with van der Waals surface area (Å²) >= 11 is 0. The number of methoxy groups -OCH3 is 1. The lowest BCUT2D eigenvalue weighted by Crippen LogP contribution is -2.11. The van der Waals surface area contributed by atoms with Crippen molar-refractivity contribution in [3.8, 4) is 17.2 Å². The Labute approximate surface area is 157 Å². The van der Waals surface area contributed by atoms with Gasteiger partial charge >= 0.3 is 0 Å². The molecule has 0 aliphatic heterocycles. The van der Waals surface area contributed by atoms with Gasteiger partial charge in [-0.25, -0.2) is 0 Å². The number of unbranched alkanes of at least 4 members (excludes halogenated alkanes) is 4. The highest BCUT2D eigenvalue weighted by atomic mass is 16.5. The number of nitrogens with one attached hydrogen (secondary N) is 1. The minimum absolute atomic E-state index is 0.592. The first-order chi connectivity index (χ1) is 12.8. The minimum Gasteiger partial charge on any atom is -0.497 e. The highest BCUT2D eigenvalue weighted by Crippen LogP contribution is 2.19. The van der Waals surface area contributed by atoms with Crippen molar-refractivity contribution < 1.29 is 14.2 Å². The molecule has 0 aromatic heterocycles. The summed E-state index contributed by atoms with van der Waals surface area (Å²) in [6.07, 6.45) is 6.26. The zero-order chi connectivity index (χ0) is 18.5. The van der Waals surface area contributed by atoms with Crippen LogP contribution in [0.4, 0.5) is 5.69 Å². The van der Waals surface area contributed by atoms with Crippen molar-refractivity contribution in [1.82, 2.24) is 0 Å². The lowest BCUT2D eigenvalue weighted by atomic mass is 10.2. The molecule has 2 rings (SSSR count). The number of rotatable bonds is 13. The van der Waals surface area contributed by atoms with E-state index in [1.54, 1.807) is 7.11 Å². The summed E-state index contributed by atoms with van der Waals surface area (Å²) in [6.45, 7) is 4.34. The highest BCUT2D eigenvalue weighted by Gasteiger charge is 1.99. The Balaban J connectivity index is 1.64. The van der Waals surface area contributed by atoms with Crippen LogP contribution >= 0.6 is 0 Å². The molecule has 0 spiro atoms. The minimum atomic E-state index is 0.592. The number of ether oxygens (including phenoxy) is 3. The van der Waals surface area contributed by atoms with Gasteiger partial charge in [0.25, 0.3) is 0 Å². The van der Waals surface area contributed by atoms with E-state index >= 15 is 0 Å². The average Bonchev–Trinajstić information content (AvgIpc) is 2.69. The van der Waals surface area contributed by atoms with Gasteiger partial charge < -0.3 is 19.5 Å². The lowest BCUT2D eigenvalue weighted by Gasteiger charge is -2.11. The highest BCUT2D eigenvalue weighted by molar-refractivity contribution is 5.48.